The molecule has 8 atom stereocenters. The highest BCUT2D eigenvalue weighted by Gasteiger charge is 2.65. The van der Waals surface area contributed by atoms with Gasteiger partial charge in [-0.3, -0.25) is 14.4 Å². The molecule has 9 nitrogen and oxygen atoms in total. The molecule has 270 valence electrons. The van der Waals surface area contributed by atoms with Crippen molar-refractivity contribution in [3.8, 4) is 11.5 Å². The van der Waals surface area contributed by atoms with Crippen LogP contribution >= 0.6 is 0 Å². The van der Waals surface area contributed by atoms with Crippen molar-refractivity contribution >= 4 is 23.7 Å². The molecular formula is C41H54N2O7. The van der Waals surface area contributed by atoms with Crippen molar-refractivity contribution in [2.75, 3.05) is 19.0 Å². The number of carbonyl (C=O) groups is 3. The number of aliphatic hydroxyl groups is 2. The Morgan fingerprint density at radius 3 is 2.44 bits per heavy atom. The van der Waals surface area contributed by atoms with Crippen molar-refractivity contribution in [2.45, 2.75) is 97.3 Å². The summed E-state index contributed by atoms with van der Waals surface area (Å²) in [5.41, 5.74) is 3.13. The fourth-order valence-corrected chi connectivity index (χ4v) is 9.57. The minimum atomic E-state index is -1.16. The lowest BCUT2D eigenvalue weighted by molar-refractivity contribution is -0.156. The summed E-state index contributed by atoms with van der Waals surface area (Å²) in [4.78, 5) is 34.8. The number of hydrogen-bond acceptors (Lipinski definition) is 8. The number of amides is 1. The van der Waals surface area contributed by atoms with E-state index < -0.39 is 11.7 Å². The second-order valence-electron chi connectivity index (χ2n) is 15.4. The highest BCUT2D eigenvalue weighted by Crippen LogP contribution is 2.67. The van der Waals surface area contributed by atoms with Crippen LogP contribution in [-0.2, 0) is 20.8 Å². The molecule has 0 aromatic heterocycles. The van der Waals surface area contributed by atoms with Crippen molar-refractivity contribution in [1.29, 1.82) is 0 Å². The Morgan fingerprint density at radius 2 is 1.78 bits per heavy atom. The molecule has 2 saturated carbocycles. The molecule has 9 heteroatoms. The Hall–Kier alpha value is -3.79. The molecule has 0 spiro atoms. The number of benzene rings is 2. The van der Waals surface area contributed by atoms with E-state index in [0.717, 1.165) is 37.9 Å². The summed E-state index contributed by atoms with van der Waals surface area (Å²) in [6.45, 7) is 10.6. The van der Waals surface area contributed by atoms with Crippen LogP contribution < -0.4 is 15.4 Å². The Morgan fingerprint density at radius 1 is 1.08 bits per heavy atom. The Labute approximate surface area is 296 Å². The Balaban J connectivity index is 0.000000194. The van der Waals surface area contributed by atoms with Gasteiger partial charge in [-0.15, -0.1) is 0 Å². The summed E-state index contributed by atoms with van der Waals surface area (Å²) < 4.78 is 5.14. The number of aliphatic hydroxyl groups excluding tert-OH is 1. The zero-order chi connectivity index (χ0) is 36.4. The number of anilines is 1. The largest absolute Gasteiger partial charge is 0.506 e. The molecule has 0 saturated heterocycles. The summed E-state index contributed by atoms with van der Waals surface area (Å²) in [5.74, 6) is 2.25. The average molecular weight is 687 g/mol. The molecule has 0 bridgehead atoms. The molecule has 0 unspecified atom stereocenters. The fraction of sp³-hybridized carbons (Fsp3) is 0.537. The lowest BCUT2D eigenvalue weighted by atomic mass is 9.47. The van der Waals surface area contributed by atoms with Crippen LogP contribution in [0.5, 0.6) is 11.5 Å². The van der Waals surface area contributed by atoms with Crippen LogP contribution in [0.15, 0.2) is 65.8 Å². The van der Waals surface area contributed by atoms with E-state index >= 15 is 0 Å². The molecule has 0 radical (unpaired) electrons. The number of phenols is 1. The zero-order valence-corrected chi connectivity index (χ0v) is 30.3. The van der Waals surface area contributed by atoms with E-state index in [1.807, 2.05) is 37.3 Å². The van der Waals surface area contributed by atoms with Gasteiger partial charge in [-0.2, -0.15) is 0 Å². The first-order valence-electron chi connectivity index (χ1n) is 17.9. The number of aromatic hydroxyl groups is 1. The lowest BCUT2D eigenvalue weighted by Gasteiger charge is -2.57. The summed E-state index contributed by atoms with van der Waals surface area (Å²) in [6, 6.07) is 12.7. The van der Waals surface area contributed by atoms with Crippen LogP contribution in [0.3, 0.4) is 0 Å². The average Bonchev–Trinajstić information content (AvgIpc) is 3.37. The first kappa shape index (κ1) is 37.5. The minimum Gasteiger partial charge on any atom is -0.506 e. The second kappa shape index (κ2) is 14.8. The predicted molar refractivity (Wildman–Crippen MR) is 194 cm³/mol. The second-order valence-corrected chi connectivity index (χ2v) is 15.4. The molecule has 5 N–H and O–H groups in total. The molecule has 0 aliphatic heterocycles. The summed E-state index contributed by atoms with van der Waals surface area (Å²) >= 11 is 0. The number of carbonyl (C=O) groups excluding carboxylic acids is 3. The van der Waals surface area contributed by atoms with Gasteiger partial charge in [0.2, 0.25) is 6.41 Å². The van der Waals surface area contributed by atoms with E-state index in [2.05, 4.69) is 37.5 Å². The van der Waals surface area contributed by atoms with E-state index in [1.54, 1.807) is 26.2 Å². The first-order valence-corrected chi connectivity index (χ1v) is 17.9. The van der Waals surface area contributed by atoms with Gasteiger partial charge in [-0.1, -0.05) is 43.7 Å². The van der Waals surface area contributed by atoms with Crippen LogP contribution in [0.4, 0.5) is 5.69 Å². The van der Waals surface area contributed by atoms with Crippen LogP contribution in [0.2, 0.25) is 0 Å². The Bertz CT molecular complexity index is 1650. The number of rotatable bonds is 10. The van der Waals surface area contributed by atoms with E-state index in [1.165, 1.54) is 22.8 Å². The van der Waals surface area contributed by atoms with Gasteiger partial charge in [0, 0.05) is 24.4 Å². The van der Waals surface area contributed by atoms with E-state index in [9.17, 15) is 29.7 Å². The smallest absolute Gasteiger partial charge is 0.211 e. The number of allylic oxidation sites excluding steroid dienone is 4. The maximum Gasteiger partial charge on any atom is 0.211 e. The molecule has 0 heterocycles. The van der Waals surface area contributed by atoms with Gasteiger partial charge in [-0.25, -0.2) is 0 Å². The highest BCUT2D eigenvalue weighted by atomic mass is 16.5. The van der Waals surface area contributed by atoms with Gasteiger partial charge in [-0.05, 0) is 130 Å². The molecule has 6 rings (SSSR count). The molecule has 4 aliphatic carbocycles. The van der Waals surface area contributed by atoms with Crippen LogP contribution in [0, 0.1) is 28.6 Å². The normalized spacial score (nSPS) is 31.0. The fourth-order valence-electron chi connectivity index (χ4n) is 9.57. The van der Waals surface area contributed by atoms with Crippen molar-refractivity contribution in [3.05, 3.63) is 76.9 Å². The van der Waals surface area contributed by atoms with Gasteiger partial charge < -0.3 is 30.7 Å². The third-order valence-electron chi connectivity index (χ3n) is 12.5. The molecule has 2 aromatic carbocycles. The lowest BCUT2D eigenvalue weighted by Crippen LogP contribution is -2.56. The predicted octanol–water partition coefficient (Wildman–Crippen LogP) is 6.23. The first-order chi connectivity index (χ1) is 23.7. The minimum absolute atomic E-state index is 0.0381. The maximum absolute atomic E-state index is 12.3. The number of ketones is 2. The quantitative estimate of drug-likeness (QED) is 0.146. The molecule has 2 fully saturated rings. The number of methoxy groups -OCH3 is 1. The third kappa shape index (κ3) is 7.05. The van der Waals surface area contributed by atoms with Gasteiger partial charge in [0.25, 0.3) is 0 Å². The Kier molecular flexibility index (Phi) is 11.1. The topological polar surface area (TPSA) is 145 Å². The molecule has 1 amide bonds. The summed E-state index contributed by atoms with van der Waals surface area (Å²) in [7, 11) is 1.64. The van der Waals surface area contributed by atoms with Crippen LogP contribution in [-0.4, -0.2) is 58.6 Å². The molecule has 50 heavy (non-hydrogen) atoms. The molecular weight excluding hydrogens is 632 g/mol. The van der Waals surface area contributed by atoms with Crippen molar-refractivity contribution in [2.24, 2.45) is 28.6 Å². The van der Waals surface area contributed by atoms with Crippen molar-refractivity contribution in [3.63, 3.8) is 0 Å². The SMILES string of the molecule is CC(=O)[C@@]1(O)CC[C@H]2[C@@H]3C=C(C)C4=CC(=O)CC[C@]4(C)[C@H]3CC[C@@]21C.COc1ccc(C[C@@H](C)NC[C@H](O)c2ccc(O)c(NC=O)c2)cc1. The number of fused-ring (bicyclic) bond motifs is 5. The van der Waals surface area contributed by atoms with Gasteiger partial charge in [0.1, 0.15) is 17.1 Å². The van der Waals surface area contributed by atoms with Crippen LogP contribution in [0.1, 0.15) is 90.4 Å². The monoisotopic (exact) mass is 686 g/mol. The third-order valence-corrected chi connectivity index (χ3v) is 12.5. The van der Waals surface area contributed by atoms with Gasteiger partial charge in [0.15, 0.2) is 11.6 Å². The van der Waals surface area contributed by atoms with Gasteiger partial charge in [0.05, 0.1) is 18.9 Å². The number of Topliss-reactive ketones (excluding diaryl/α,β-unsaturated/α-hetero) is 1. The standard InChI is InChI=1S/C22H30O3.C19H24N2O4/c1-13-11-16-17(20(3)8-5-15(24)12-19(13)20)6-9-21(4)18(16)7-10-22(21,25)14(2)23;1-13(9-14-3-6-16(25-2)7-4-14)20-11-19(24)15-5-8-18(23)17(10-15)21-12-22/h11-12,16-18,25H,5-10H2,1-4H3;3-8,10,12-13,19-20,23-24H,9,11H2,1-2H3,(H,21,22)/t16-,17+,18+,20-,21+,22+;13-,19+/m11/s1. The number of hydrogen-bond donors (Lipinski definition) is 5. The number of ether oxygens (including phenoxy) is 1. The number of phenolic OH excluding ortho intramolecular Hbond substituents is 1. The van der Waals surface area contributed by atoms with Crippen molar-refractivity contribution < 1.29 is 34.4 Å². The molecule has 4 aliphatic rings. The van der Waals surface area contributed by atoms with Gasteiger partial charge >= 0.3 is 0 Å². The van der Waals surface area contributed by atoms with E-state index in [0.29, 0.717) is 49.1 Å². The zero-order valence-electron chi connectivity index (χ0n) is 30.3. The van der Waals surface area contributed by atoms with E-state index in [4.69, 9.17) is 4.74 Å². The maximum atomic E-state index is 12.3. The highest BCUT2D eigenvalue weighted by molar-refractivity contribution is 5.92. The summed E-state index contributed by atoms with van der Waals surface area (Å²) in [5, 5.41) is 36.8. The van der Waals surface area contributed by atoms with Crippen molar-refractivity contribution in [1.82, 2.24) is 5.32 Å². The van der Waals surface area contributed by atoms with Crippen LogP contribution in [0.25, 0.3) is 0 Å². The molecule has 2 aromatic rings. The van der Waals surface area contributed by atoms with E-state index in [-0.39, 0.29) is 39.9 Å². The summed E-state index contributed by atoms with van der Waals surface area (Å²) in [6.07, 6.45) is 9.85. The number of nitrogens with one attached hydrogen (secondary N) is 2.